The van der Waals surface area contributed by atoms with Gasteiger partial charge in [0.05, 0.1) is 24.9 Å². The van der Waals surface area contributed by atoms with E-state index in [4.69, 9.17) is 4.74 Å². The number of likely N-dealkylation sites (N-methyl/N-ethyl adjacent to an activating group) is 1. The normalized spacial score (nSPS) is 11.4. The minimum Gasteiger partial charge on any atom is -0.497 e. The van der Waals surface area contributed by atoms with E-state index in [1.165, 1.54) is 26.3 Å². The summed E-state index contributed by atoms with van der Waals surface area (Å²) in [6.07, 6.45) is 5.25. The highest BCUT2D eigenvalue weighted by Gasteiger charge is 2.22. The summed E-state index contributed by atoms with van der Waals surface area (Å²) in [6.45, 7) is 0.0287. The Morgan fingerprint density at radius 2 is 1.83 bits per heavy atom. The first-order valence-electron chi connectivity index (χ1n) is 8.84. The van der Waals surface area contributed by atoms with Crippen molar-refractivity contribution in [2.45, 2.75) is 11.4 Å². The summed E-state index contributed by atoms with van der Waals surface area (Å²) in [6, 6.07) is 13.7. The quantitative estimate of drug-likeness (QED) is 0.607. The molecule has 0 aliphatic rings. The van der Waals surface area contributed by atoms with Crippen molar-refractivity contribution >= 4 is 15.9 Å². The molecule has 1 amide bonds. The number of carbonyl (C=O) groups is 1. The second kappa shape index (κ2) is 8.89. The maximum absolute atomic E-state index is 12.6. The van der Waals surface area contributed by atoms with Crippen LogP contribution in [0.15, 0.2) is 72.1 Å². The molecule has 0 aliphatic carbocycles. The first kappa shape index (κ1) is 20.6. The molecule has 0 saturated heterocycles. The Morgan fingerprint density at radius 3 is 2.41 bits per heavy atom. The standard InChI is InChI=1S/C20H22N4O4S/c1-23(29(26,27)19-9-7-18(28-2)8-10-19)14-20(25)22-13-16-3-5-17(6-4-16)24-12-11-21-15-24/h3-12,15H,13-14H2,1-2H3,(H,22,25). The molecule has 29 heavy (non-hydrogen) atoms. The van der Waals surface area contributed by atoms with Crippen molar-refractivity contribution in [1.82, 2.24) is 19.2 Å². The van der Waals surface area contributed by atoms with Crippen LogP contribution in [0.3, 0.4) is 0 Å². The number of carbonyl (C=O) groups excluding carboxylic acids is 1. The Balaban J connectivity index is 1.55. The zero-order valence-corrected chi connectivity index (χ0v) is 17.0. The average Bonchev–Trinajstić information content (AvgIpc) is 3.27. The molecule has 8 nitrogen and oxygen atoms in total. The van der Waals surface area contributed by atoms with Gasteiger partial charge in [-0.3, -0.25) is 4.79 Å². The largest absolute Gasteiger partial charge is 0.497 e. The van der Waals surface area contributed by atoms with E-state index in [-0.39, 0.29) is 17.3 Å². The van der Waals surface area contributed by atoms with Gasteiger partial charge < -0.3 is 14.6 Å². The highest BCUT2D eigenvalue weighted by Crippen LogP contribution is 2.18. The molecule has 0 aliphatic heterocycles. The molecule has 2 aromatic carbocycles. The molecular weight excluding hydrogens is 392 g/mol. The lowest BCUT2D eigenvalue weighted by Crippen LogP contribution is -2.38. The molecule has 0 spiro atoms. The third kappa shape index (κ3) is 5.01. The maximum atomic E-state index is 12.6. The van der Waals surface area contributed by atoms with Crippen LogP contribution in [0, 0.1) is 0 Å². The van der Waals surface area contributed by atoms with Crippen LogP contribution in [0.4, 0.5) is 0 Å². The first-order chi connectivity index (χ1) is 13.9. The van der Waals surface area contributed by atoms with Crippen LogP contribution in [-0.2, 0) is 21.4 Å². The zero-order chi connectivity index (χ0) is 20.9. The Kier molecular flexibility index (Phi) is 6.30. The number of amides is 1. The summed E-state index contributed by atoms with van der Waals surface area (Å²) in [5.74, 6) is 0.173. The number of methoxy groups -OCH3 is 1. The topological polar surface area (TPSA) is 93.5 Å². The summed E-state index contributed by atoms with van der Waals surface area (Å²) in [4.78, 5) is 16.3. The van der Waals surface area contributed by atoms with E-state index in [0.717, 1.165) is 15.6 Å². The molecule has 0 atom stereocenters. The Hall–Kier alpha value is -3.17. The van der Waals surface area contributed by atoms with Crippen molar-refractivity contribution < 1.29 is 17.9 Å². The number of sulfonamides is 1. The molecule has 0 saturated carbocycles. The Labute approximate surface area is 169 Å². The fourth-order valence-electron chi connectivity index (χ4n) is 2.67. The summed E-state index contributed by atoms with van der Waals surface area (Å²) in [5.41, 5.74) is 1.87. The first-order valence-corrected chi connectivity index (χ1v) is 10.3. The van der Waals surface area contributed by atoms with Gasteiger partial charge in [-0.05, 0) is 42.0 Å². The molecule has 3 rings (SSSR count). The van der Waals surface area contributed by atoms with Crippen molar-refractivity contribution in [3.05, 3.63) is 72.8 Å². The molecule has 1 aromatic heterocycles. The third-order valence-electron chi connectivity index (χ3n) is 4.36. The second-order valence-corrected chi connectivity index (χ2v) is 8.39. The summed E-state index contributed by atoms with van der Waals surface area (Å²) >= 11 is 0. The van der Waals surface area contributed by atoms with Gasteiger partial charge in [0.25, 0.3) is 0 Å². The third-order valence-corrected chi connectivity index (χ3v) is 6.18. The average molecular weight is 414 g/mol. The van der Waals surface area contributed by atoms with E-state index in [9.17, 15) is 13.2 Å². The highest BCUT2D eigenvalue weighted by molar-refractivity contribution is 7.89. The molecule has 0 bridgehead atoms. The van der Waals surface area contributed by atoms with Gasteiger partial charge in [-0.15, -0.1) is 0 Å². The van der Waals surface area contributed by atoms with Gasteiger partial charge in [0.15, 0.2) is 0 Å². The van der Waals surface area contributed by atoms with Gasteiger partial charge >= 0.3 is 0 Å². The van der Waals surface area contributed by atoms with Crippen molar-refractivity contribution in [3.63, 3.8) is 0 Å². The lowest BCUT2D eigenvalue weighted by molar-refractivity contribution is -0.121. The molecule has 152 valence electrons. The van der Waals surface area contributed by atoms with Gasteiger partial charge in [0.1, 0.15) is 5.75 Å². The Bertz CT molecular complexity index is 1050. The summed E-state index contributed by atoms with van der Waals surface area (Å²) in [5, 5.41) is 2.74. The van der Waals surface area contributed by atoms with E-state index < -0.39 is 10.0 Å². The minimum atomic E-state index is -3.76. The fraction of sp³-hybridized carbons (Fsp3) is 0.200. The SMILES string of the molecule is COc1ccc(S(=O)(=O)N(C)CC(=O)NCc2ccc(-n3ccnc3)cc2)cc1. The predicted octanol–water partition coefficient (Wildman–Crippen LogP) is 1.82. The molecule has 9 heteroatoms. The van der Waals surface area contributed by atoms with Crippen LogP contribution in [0.25, 0.3) is 5.69 Å². The molecule has 1 heterocycles. The van der Waals surface area contributed by atoms with Gasteiger partial charge in [-0.2, -0.15) is 4.31 Å². The number of hydrogen-bond donors (Lipinski definition) is 1. The molecule has 0 radical (unpaired) electrons. The van der Waals surface area contributed by atoms with E-state index in [0.29, 0.717) is 12.3 Å². The number of imidazole rings is 1. The number of nitrogens with zero attached hydrogens (tertiary/aromatic N) is 3. The lowest BCUT2D eigenvalue weighted by atomic mass is 10.2. The maximum Gasteiger partial charge on any atom is 0.243 e. The molecule has 0 fully saturated rings. The molecular formula is C20H22N4O4S. The van der Waals surface area contributed by atoms with Crippen LogP contribution < -0.4 is 10.1 Å². The summed E-state index contributed by atoms with van der Waals surface area (Å²) in [7, 11) is -0.885. The zero-order valence-electron chi connectivity index (χ0n) is 16.1. The second-order valence-electron chi connectivity index (χ2n) is 6.35. The van der Waals surface area contributed by atoms with Crippen molar-refractivity contribution in [1.29, 1.82) is 0 Å². The lowest BCUT2D eigenvalue weighted by Gasteiger charge is -2.17. The number of ether oxygens (including phenoxy) is 1. The van der Waals surface area contributed by atoms with E-state index >= 15 is 0 Å². The van der Waals surface area contributed by atoms with Crippen LogP contribution in [-0.4, -0.2) is 48.9 Å². The van der Waals surface area contributed by atoms with Gasteiger partial charge in [0, 0.05) is 31.7 Å². The van der Waals surface area contributed by atoms with Crippen LogP contribution in [0.5, 0.6) is 5.75 Å². The smallest absolute Gasteiger partial charge is 0.243 e. The summed E-state index contributed by atoms with van der Waals surface area (Å²) < 4.78 is 33.1. The van der Waals surface area contributed by atoms with E-state index in [2.05, 4.69) is 10.3 Å². The number of nitrogens with one attached hydrogen (secondary N) is 1. The number of rotatable bonds is 8. The number of aromatic nitrogens is 2. The number of hydrogen-bond acceptors (Lipinski definition) is 5. The monoisotopic (exact) mass is 414 g/mol. The van der Waals surface area contributed by atoms with Crippen molar-refractivity contribution in [3.8, 4) is 11.4 Å². The van der Waals surface area contributed by atoms with Gasteiger partial charge in [-0.25, -0.2) is 13.4 Å². The van der Waals surface area contributed by atoms with Crippen LogP contribution in [0.2, 0.25) is 0 Å². The van der Waals surface area contributed by atoms with Crippen molar-refractivity contribution in [2.24, 2.45) is 0 Å². The molecule has 0 unspecified atom stereocenters. The van der Waals surface area contributed by atoms with Crippen LogP contribution >= 0.6 is 0 Å². The Morgan fingerprint density at radius 1 is 1.14 bits per heavy atom. The minimum absolute atomic E-state index is 0.101. The van der Waals surface area contributed by atoms with Crippen LogP contribution in [0.1, 0.15) is 5.56 Å². The van der Waals surface area contributed by atoms with E-state index in [1.807, 2.05) is 35.0 Å². The predicted molar refractivity (Wildman–Crippen MR) is 108 cm³/mol. The fourth-order valence-corrected chi connectivity index (χ4v) is 3.80. The van der Waals surface area contributed by atoms with Gasteiger partial charge in [-0.1, -0.05) is 12.1 Å². The van der Waals surface area contributed by atoms with Gasteiger partial charge in [0.2, 0.25) is 15.9 Å². The molecule has 1 N–H and O–H groups in total. The number of benzene rings is 2. The molecule has 3 aromatic rings. The highest BCUT2D eigenvalue weighted by atomic mass is 32.2. The van der Waals surface area contributed by atoms with Crippen molar-refractivity contribution in [2.75, 3.05) is 20.7 Å². The van der Waals surface area contributed by atoms with E-state index in [1.54, 1.807) is 24.7 Å².